The number of hydrogen-bond acceptors (Lipinski definition) is 3. The Morgan fingerprint density at radius 1 is 1.12 bits per heavy atom. The first-order valence-electron chi connectivity index (χ1n) is 10.2. The fraction of sp³-hybridized carbons (Fsp3) is 0.773. The van der Waals surface area contributed by atoms with Gasteiger partial charge in [0.25, 0.3) is 5.79 Å². The second kappa shape index (κ2) is 8.07. The summed E-state index contributed by atoms with van der Waals surface area (Å²) in [6.07, 6.45) is 11.4. The Morgan fingerprint density at radius 3 is 2.40 bits per heavy atom. The molecule has 0 aromatic heterocycles. The molecule has 0 saturated heterocycles. The average Bonchev–Trinajstić information content (AvgIpc) is 3.02. The quantitative estimate of drug-likeness (QED) is 0.382. The van der Waals surface area contributed by atoms with Crippen molar-refractivity contribution < 1.29 is 14.3 Å². The van der Waals surface area contributed by atoms with Crippen LogP contribution in [0.3, 0.4) is 0 Å². The van der Waals surface area contributed by atoms with Crippen LogP contribution in [0.4, 0.5) is 0 Å². The van der Waals surface area contributed by atoms with Gasteiger partial charge in [0.05, 0.1) is 5.60 Å². The van der Waals surface area contributed by atoms with Crippen LogP contribution < -0.4 is 0 Å². The van der Waals surface area contributed by atoms with Gasteiger partial charge in [-0.2, -0.15) is 0 Å². The van der Waals surface area contributed by atoms with E-state index in [4.69, 9.17) is 9.47 Å². The van der Waals surface area contributed by atoms with Crippen molar-refractivity contribution in [2.24, 2.45) is 11.8 Å². The Kier molecular flexibility index (Phi) is 6.53. The third kappa shape index (κ3) is 4.36. The lowest BCUT2D eigenvalue weighted by Crippen LogP contribution is -2.38. The van der Waals surface area contributed by atoms with E-state index in [-0.39, 0.29) is 11.6 Å². The lowest BCUT2D eigenvalue weighted by atomic mass is 9.86. The molecule has 25 heavy (non-hydrogen) atoms. The molecule has 0 amide bonds. The van der Waals surface area contributed by atoms with Crippen LogP contribution >= 0.6 is 0 Å². The van der Waals surface area contributed by atoms with Crippen molar-refractivity contribution >= 4 is 5.97 Å². The van der Waals surface area contributed by atoms with E-state index in [1.807, 2.05) is 6.08 Å². The molecule has 3 heteroatoms. The summed E-state index contributed by atoms with van der Waals surface area (Å²) in [6.45, 7) is 13.1. The summed E-state index contributed by atoms with van der Waals surface area (Å²) >= 11 is 0. The van der Waals surface area contributed by atoms with Crippen LogP contribution in [0.1, 0.15) is 86.5 Å². The lowest BCUT2D eigenvalue weighted by molar-refractivity contribution is -0.208. The maximum absolute atomic E-state index is 12.4. The first-order valence-corrected chi connectivity index (χ1v) is 10.2. The third-order valence-corrected chi connectivity index (χ3v) is 5.46. The molecule has 2 heterocycles. The van der Waals surface area contributed by atoms with Gasteiger partial charge in [0, 0.05) is 17.2 Å². The van der Waals surface area contributed by atoms with E-state index in [2.05, 4.69) is 47.6 Å². The molecular weight excluding hydrogens is 312 g/mol. The van der Waals surface area contributed by atoms with Crippen molar-refractivity contribution in [3.63, 3.8) is 0 Å². The maximum atomic E-state index is 12.4. The molecule has 1 spiro atoms. The zero-order valence-corrected chi connectivity index (χ0v) is 17.0. The van der Waals surface area contributed by atoms with Crippen LogP contribution in [0.5, 0.6) is 0 Å². The van der Waals surface area contributed by atoms with Gasteiger partial charge in [-0.15, -0.1) is 0 Å². The van der Waals surface area contributed by atoms with Gasteiger partial charge in [0.15, 0.2) is 0 Å². The lowest BCUT2D eigenvalue weighted by Gasteiger charge is -2.33. The normalized spacial score (nSPS) is 30.0. The smallest absolute Gasteiger partial charge is 0.336 e. The highest BCUT2D eigenvalue weighted by molar-refractivity contribution is 5.92. The van der Waals surface area contributed by atoms with Crippen molar-refractivity contribution in [2.75, 3.05) is 0 Å². The number of hydrogen-bond donors (Lipinski definition) is 0. The molecule has 0 aliphatic carbocycles. The van der Waals surface area contributed by atoms with Crippen molar-refractivity contribution in [1.82, 2.24) is 0 Å². The summed E-state index contributed by atoms with van der Waals surface area (Å²) < 4.78 is 12.4. The van der Waals surface area contributed by atoms with E-state index >= 15 is 0 Å². The van der Waals surface area contributed by atoms with Gasteiger partial charge in [-0.25, -0.2) is 4.79 Å². The molecule has 0 bridgehead atoms. The van der Waals surface area contributed by atoms with Gasteiger partial charge in [-0.3, -0.25) is 0 Å². The highest BCUT2D eigenvalue weighted by Gasteiger charge is 2.53. The fourth-order valence-electron chi connectivity index (χ4n) is 4.14. The predicted molar refractivity (Wildman–Crippen MR) is 102 cm³/mol. The standard InChI is InChI=1S/C22H36O3/c1-7-10-11-17(6)13-21(9-3)15-19(8-2)22(25-21)14-18(12-16(4)5)20(23)24-22/h14-17H,7-13H2,1-6H3. The molecule has 2 aliphatic heterocycles. The Balaban J connectivity index is 2.24. The molecule has 0 radical (unpaired) electrons. The van der Waals surface area contributed by atoms with Gasteiger partial charge in [0.2, 0.25) is 0 Å². The number of rotatable bonds is 9. The topological polar surface area (TPSA) is 35.5 Å². The minimum atomic E-state index is -0.948. The summed E-state index contributed by atoms with van der Waals surface area (Å²) in [5, 5.41) is 0. The van der Waals surface area contributed by atoms with Crippen LogP contribution in [0, 0.1) is 11.8 Å². The molecule has 2 aliphatic rings. The molecular formula is C22H36O3. The van der Waals surface area contributed by atoms with Crippen LogP contribution in [-0.2, 0) is 14.3 Å². The van der Waals surface area contributed by atoms with Crippen molar-refractivity contribution in [1.29, 1.82) is 0 Å². The van der Waals surface area contributed by atoms with Crippen LogP contribution in [0.2, 0.25) is 0 Å². The number of carbonyl (C=O) groups is 1. The Hall–Kier alpha value is -1.09. The largest absolute Gasteiger partial charge is 0.422 e. The van der Waals surface area contributed by atoms with Crippen LogP contribution in [-0.4, -0.2) is 17.4 Å². The number of ether oxygens (including phenoxy) is 2. The zero-order valence-electron chi connectivity index (χ0n) is 17.0. The van der Waals surface area contributed by atoms with E-state index in [0.29, 0.717) is 11.8 Å². The average molecular weight is 349 g/mol. The van der Waals surface area contributed by atoms with Gasteiger partial charge in [-0.05, 0) is 43.6 Å². The first kappa shape index (κ1) is 20.2. The van der Waals surface area contributed by atoms with Gasteiger partial charge in [-0.1, -0.05) is 60.8 Å². The number of carbonyl (C=O) groups excluding carboxylic acids is 1. The van der Waals surface area contributed by atoms with Crippen molar-refractivity contribution in [3.8, 4) is 0 Å². The summed E-state index contributed by atoms with van der Waals surface area (Å²) in [5.74, 6) is -0.134. The highest BCUT2D eigenvalue weighted by Crippen LogP contribution is 2.48. The number of esters is 1. The zero-order chi connectivity index (χ0) is 18.7. The summed E-state index contributed by atoms with van der Waals surface area (Å²) in [7, 11) is 0. The molecule has 3 nitrogen and oxygen atoms in total. The fourth-order valence-corrected chi connectivity index (χ4v) is 4.14. The molecule has 142 valence electrons. The molecule has 3 atom stereocenters. The highest BCUT2D eigenvalue weighted by atomic mass is 16.7. The molecule has 0 saturated carbocycles. The predicted octanol–water partition coefficient (Wildman–Crippen LogP) is 5.94. The first-order chi connectivity index (χ1) is 11.8. The van der Waals surface area contributed by atoms with Gasteiger partial charge in [0.1, 0.15) is 0 Å². The second-order valence-electron chi connectivity index (χ2n) is 8.32. The minimum absolute atomic E-state index is 0.209. The Labute approximate surface area is 153 Å². The van der Waals surface area contributed by atoms with E-state index in [1.165, 1.54) is 19.3 Å². The minimum Gasteiger partial charge on any atom is -0.422 e. The maximum Gasteiger partial charge on any atom is 0.336 e. The Bertz CT molecular complexity index is 545. The third-order valence-electron chi connectivity index (χ3n) is 5.46. The molecule has 3 unspecified atom stereocenters. The SMILES string of the molecule is CCCCC(C)CC1(CC)C=C(CC)C2(C=C(CC(C)C)C(=O)O2)O1. The van der Waals surface area contributed by atoms with Crippen molar-refractivity contribution in [2.45, 2.75) is 97.9 Å². The molecule has 0 aromatic carbocycles. The van der Waals surface area contributed by atoms with E-state index in [9.17, 15) is 4.79 Å². The van der Waals surface area contributed by atoms with E-state index in [1.54, 1.807) is 0 Å². The monoisotopic (exact) mass is 348 g/mol. The molecule has 0 N–H and O–H groups in total. The molecule has 0 fully saturated rings. The van der Waals surface area contributed by atoms with Gasteiger partial charge >= 0.3 is 5.97 Å². The van der Waals surface area contributed by atoms with Crippen LogP contribution in [0.15, 0.2) is 23.3 Å². The summed E-state index contributed by atoms with van der Waals surface area (Å²) in [4.78, 5) is 12.4. The Morgan fingerprint density at radius 2 is 1.84 bits per heavy atom. The number of unbranched alkanes of at least 4 members (excludes halogenated alkanes) is 1. The molecule has 2 rings (SSSR count). The molecule has 0 aromatic rings. The van der Waals surface area contributed by atoms with Gasteiger partial charge < -0.3 is 9.47 Å². The summed E-state index contributed by atoms with van der Waals surface area (Å²) in [6, 6.07) is 0. The van der Waals surface area contributed by atoms with E-state index in [0.717, 1.165) is 36.8 Å². The van der Waals surface area contributed by atoms with E-state index < -0.39 is 5.79 Å². The summed E-state index contributed by atoms with van der Waals surface area (Å²) in [5.41, 5.74) is 1.55. The second-order valence-corrected chi connectivity index (χ2v) is 8.32. The van der Waals surface area contributed by atoms with Crippen molar-refractivity contribution in [3.05, 3.63) is 23.3 Å². The van der Waals surface area contributed by atoms with Crippen LogP contribution in [0.25, 0.3) is 0 Å².